The Morgan fingerprint density at radius 3 is 2.57 bits per heavy atom. The average molecular weight is 296 g/mol. The molecule has 0 aliphatic heterocycles. The van der Waals surface area contributed by atoms with Crippen LogP contribution in [-0.4, -0.2) is 37.2 Å². The van der Waals surface area contributed by atoms with Crippen LogP contribution >= 0.6 is 0 Å². The van der Waals surface area contributed by atoms with Crippen molar-refractivity contribution in [2.24, 2.45) is 0 Å². The van der Waals surface area contributed by atoms with E-state index in [2.05, 4.69) is 37.9 Å². The highest BCUT2D eigenvalue weighted by atomic mass is 19.1. The molecule has 0 saturated carbocycles. The normalized spacial score (nSPS) is 11.6. The zero-order chi connectivity index (χ0) is 15.7. The van der Waals surface area contributed by atoms with E-state index in [-0.39, 0.29) is 5.82 Å². The smallest absolute Gasteiger partial charge is 0.128 e. The van der Waals surface area contributed by atoms with Gasteiger partial charge in [-0.1, -0.05) is 33.8 Å². The molecule has 0 aliphatic rings. The molecule has 0 aromatic heterocycles. The van der Waals surface area contributed by atoms with Crippen LogP contribution in [0.4, 0.5) is 4.39 Å². The number of hydrogen-bond acceptors (Lipinski definition) is 3. The highest BCUT2D eigenvalue weighted by Gasteiger charge is 2.05. The number of halogens is 1. The van der Waals surface area contributed by atoms with E-state index in [1.54, 1.807) is 0 Å². The third kappa shape index (κ3) is 7.02. The fraction of sp³-hybridized carbons (Fsp3) is 0.647. The molecule has 1 rings (SSSR count). The van der Waals surface area contributed by atoms with Crippen molar-refractivity contribution in [2.45, 2.75) is 46.9 Å². The number of likely N-dealkylation sites (N-methyl/N-ethyl adjacent to an activating group) is 1. The van der Waals surface area contributed by atoms with E-state index in [1.807, 2.05) is 12.1 Å². The van der Waals surface area contributed by atoms with Crippen LogP contribution in [0, 0.1) is 5.82 Å². The molecule has 0 heterocycles. The Kier molecular flexibility index (Phi) is 8.50. The van der Waals surface area contributed by atoms with Crippen LogP contribution < -0.4 is 5.32 Å². The Morgan fingerprint density at radius 2 is 1.95 bits per heavy atom. The van der Waals surface area contributed by atoms with Gasteiger partial charge < -0.3 is 15.0 Å². The molecule has 0 saturated heterocycles. The maximum Gasteiger partial charge on any atom is 0.128 e. The van der Waals surface area contributed by atoms with Crippen LogP contribution in [0.25, 0.3) is 0 Å². The second-order valence-electron chi connectivity index (χ2n) is 5.54. The number of rotatable bonds is 10. The summed E-state index contributed by atoms with van der Waals surface area (Å²) < 4.78 is 19.4. The second kappa shape index (κ2) is 9.87. The first kappa shape index (κ1) is 18.1. The van der Waals surface area contributed by atoms with Gasteiger partial charge in [0.2, 0.25) is 0 Å². The Bertz CT molecular complexity index is 406. The van der Waals surface area contributed by atoms with E-state index in [0.717, 1.165) is 31.7 Å². The van der Waals surface area contributed by atoms with Crippen molar-refractivity contribution in [1.82, 2.24) is 10.2 Å². The van der Waals surface area contributed by atoms with Gasteiger partial charge in [0.1, 0.15) is 5.82 Å². The van der Waals surface area contributed by atoms with Gasteiger partial charge in [0.15, 0.2) is 0 Å². The van der Waals surface area contributed by atoms with E-state index in [0.29, 0.717) is 24.8 Å². The third-order valence-electron chi connectivity index (χ3n) is 3.53. The Labute approximate surface area is 128 Å². The summed E-state index contributed by atoms with van der Waals surface area (Å²) >= 11 is 0. The summed E-state index contributed by atoms with van der Waals surface area (Å²) in [5, 5.41) is 3.34. The van der Waals surface area contributed by atoms with Crippen molar-refractivity contribution in [3.8, 4) is 0 Å². The van der Waals surface area contributed by atoms with Crippen molar-refractivity contribution in [1.29, 1.82) is 0 Å². The number of benzene rings is 1. The van der Waals surface area contributed by atoms with Gasteiger partial charge in [0, 0.05) is 24.7 Å². The SMILES string of the molecule is CCN(CC)CCOCc1cc(CNC(C)C)ccc1F. The van der Waals surface area contributed by atoms with Crippen LogP contribution in [0.2, 0.25) is 0 Å². The molecular weight excluding hydrogens is 267 g/mol. The first-order chi connectivity index (χ1) is 10.1. The minimum Gasteiger partial charge on any atom is -0.375 e. The fourth-order valence-corrected chi connectivity index (χ4v) is 2.09. The maximum atomic E-state index is 13.8. The summed E-state index contributed by atoms with van der Waals surface area (Å²) in [5.74, 6) is -0.189. The lowest BCUT2D eigenvalue weighted by molar-refractivity contribution is 0.0938. The van der Waals surface area contributed by atoms with Gasteiger partial charge in [-0.15, -0.1) is 0 Å². The van der Waals surface area contributed by atoms with Crippen LogP contribution in [0.5, 0.6) is 0 Å². The Hall–Kier alpha value is -0.970. The summed E-state index contributed by atoms with van der Waals surface area (Å²) in [6.07, 6.45) is 0. The van der Waals surface area contributed by atoms with Crippen LogP contribution in [0.1, 0.15) is 38.8 Å². The van der Waals surface area contributed by atoms with Gasteiger partial charge in [0.05, 0.1) is 13.2 Å². The van der Waals surface area contributed by atoms with Gasteiger partial charge >= 0.3 is 0 Å². The van der Waals surface area contributed by atoms with Crippen LogP contribution in [0.3, 0.4) is 0 Å². The molecule has 120 valence electrons. The molecule has 4 heteroatoms. The van der Waals surface area contributed by atoms with Crippen molar-refractivity contribution >= 4 is 0 Å². The van der Waals surface area contributed by atoms with E-state index in [4.69, 9.17) is 4.74 Å². The molecule has 1 aromatic carbocycles. The molecule has 21 heavy (non-hydrogen) atoms. The van der Waals surface area contributed by atoms with E-state index >= 15 is 0 Å². The highest BCUT2D eigenvalue weighted by molar-refractivity contribution is 5.24. The molecule has 0 fully saturated rings. The molecule has 1 N–H and O–H groups in total. The van der Waals surface area contributed by atoms with E-state index < -0.39 is 0 Å². The standard InChI is InChI=1S/C17H29FN2O/c1-5-20(6-2)9-10-21-13-16-11-15(7-8-17(16)18)12-19-14(3)4/h7-8,11,14,19H,5-6,9-10,12-13H2,1-4H3. The van der Waals surface area contributed by atoms with Gasteiger partial charge in [-0.25, -0.2) is 4.39 Å². The van der Waals surface area contributed by atoms with Crippen LogP contribution in [0.15, 0.2) is 18.2 Å². The summed E-state index contributed by atoms with van der Waals surface area (Å²) in [5.41, 5.74) is 1.73. The molecule has 3 nitrogen and oxygen atoms in total. The highest BCUT2D eigenvalue weighted by Crippen LogP contribution is 2.12. The molecule has 0 aliphatic carbocycles. The quantitative estimate of drug-likeness (QED) is 0.671. The summed E-state index contributed by atoms with van der Waals surface area (Å²) in [6.45, 7) is 13.1. The van der Waals surface area contributed by atoms with Crippen molar-refractivity contribution < 1.29 is 9.13 Å². The summed E-state index contributed by atoms with van der Waals surface area (Å²) in [4.78, 5) is 2.29. The Balaban J connectivity index is 2.44. The van der Waals surface area contributed by atoms with Crippen molar-refractivity contribution in [3.05, 3.63) is 35.1 Å². The molecule has 1 aromatic rings. The first-order valence-electron chi connectivity index (χ1n) is 7.87. The predicted octanol–water partition coefficient (Wildman–Crippen LogP) is 3.18. The molecule has 0 amide bonds. The lowest BCUT2D eigenvalue weighted by Crippen LogP contribution is -2.27. The third-order valence-corrected chi connectivity index (χ3v) is 3.53. The van der Waals surface area contributed by atoms with E-state index in [1.165, 1.54) is 6.07 Å². The molecule has 0 atom stereocenters. The largest absolute Gasteiger partial charge is 0.375 e. The fourth-order valence-electron chi connectivity index (χ4n) is 2.09. The minimum absolute atomic E-state index is 0.189. The average Bonchev–Trinajstić information content (AvgIpc) is 2.47. The number of nitrogens with zero attached hydrogens (tertiary/aromatic N) is 1. The minimum atomic E-state index is -0.189. The van der Waals surface area contributed by atoms with Gasteiger partial charge in [-0.2, -0.15) is 0 Å². The van der Waals surface area contributed by atoms with Gasteiger partial charge in [-0.05, 0) is 30.8 Å². The second-order valence-corrected chi connectivity index (χ2v) is 5.54. The maximum absolute atomic E-state index is 13.8. The molecular formula is C17H29FN2O. The zero-order valence-electron chi connectivity index (χ0n) is 13.8. The lowest BCUT2D eigenvalue weighted by atomic mass is 10.1. The van der Waals surface area contributed by atoms with Gasteiger partial charge in [0.25, 0.3) is 0 Å². The van der Waals surface area contributed by atoms with Crippen molar-refractivity contribution in [3.63, 3.8) is 0 Å². The van der Waals surface area contributed by atoms with Gasteiger partial charge in [-0.3, -0.25) is 0 Å². The predicted molar refractivity (Wildman–Crippen MR) is 85.8 cm³/mol. The Morgan fingerprint density at radius 1 is 1.24 bits per heavy atom. The lowest BCUT2D eigenvalue weighted by Gasteiger charge is -2.17. The van der Waals surface area contributed by atoms with Crippen LogP contribution in [-0.2, 0) is 17.9 Å². The molecule has 0 radical (unpaired) electrons. The molecule has 0 spiro atoms. The number of nitrogens with one attached hydrogen (secondary N) is 1. The van der Waals surface area contributed by atoms with E-state index in [9.17, 15) is 4.39 Å². The zero-order valence-corrected chi connectivity index (χ0v) is 13.8. The number of ether oxygens (including phenoxy) is 1. The van der Waals surface area contributed by atoms with Crippen molar-refractivity contribution in [2.75, 3.05) is 26.2 Å². The molecule has 0 unspecified atom stereocenters. The molecule has 0 bridgehead atoms. The summed E-state index contributed by atoms with van der Waals surface area (Å²) in [6, 6.07) is 5.66. The summed E-state index contributed by atoms with van der Waals surface area (Å²) in [7, 11) is 0. The number of hydrogen-bond donors (Lipinski definition) is 1. The first-order valence-corrected chi connectivity index (χ1v) is 7.87. The topological polar surface area (TPSA) is 24.5 Å². The monoisotopic (exact) mass is 296 g/mol.